The lowest BCUT2D eigenvalue weighted by Crippen LogP contribution is -2.36. The number of para-hydroxylation sites is 1. The van der Waals surface area contributed by atoms with Crippen LogP contribution < -0.4 is 15.6 Å². The van der Waals surface area contributed by atoms with Crippen LogP contribution in [0.5, 0.6) is 0 Å². The molecule has 0 fully saturated rings. The fourth-order valence-electron chi connectivity index (χ4n) is 4.10. The van der Waals surface area contributed by atoms with Gasteiger partial charge < -0.3 is 10.2 Å². The van der Waals surface area contributed by atoms with Gasteiger partial charge >= 0.3 is 5.69 Å². The summed E-state index contributed by atoms with van der Waals surface area (Å²) in [6, 6.07) is 13.1. The first kappa shape index (κ1) is 21.2. The number of H-pyrrole nitrogens is 1. The molecule has 11 heteroatoms. The van der Waals surface area contributed by atoms with Gasteiger partial charge in [0.05, 0.1) is 38.3 Å². The number of nitrogens with zero attached hydrogens (tertiary/aromatic N) is 3. The van der Waals surface area contributed by atoms with Gasteiger partial charge in [0.15, 0.2) is 0 Å². The Kier molecular flexibility index (Phi) is 5.14. The lowest BCUT2D eigenvalue weighted by molar-refractivity contribution is 0.322. The summed E-state index contributed by atoms with van der Waals surface area (Å²) in [5.74, 6) is 0. The normalized spacial score (nSPS) is 14.1. The monoisotopic (exact) mass is 482 g/mol. The number of hydrogen-bond donors (Lipinski definition) is 2. The Morgan fingerprint density at radius 3 is 2.76 bits per heavy atom. The molecule has 33 heavy (non-hydrogen) atoms. The van der Waals surface area contributed by atoms with Gasteiger partial charge in [0, 0.05) is 11.9 Å². The molecule has 5 rings (SSSR count). The van der Waals surface area contributed by atoms with E-state index in [1.807, 2.05) is 12.1 Å². The largest absolute Gasteiger partial charge is 0.411 e. The van der Waals surface area contributed by atoms with E-state index in [0.717, 1.165) is 34.1 Å². The zero-order chi connectivity index (χ0) is 23.2. The highest BCUT2D eigenvalue weighted by Crippen LogP contribution is 2.32. The number of thiophene rings is 1. The zero-order valence-electron chi connectivity index (χ0n) is 17.1. The van der Waals surface area contributed by atoms with E-state index in [2.05, 4.69) is 10.1 Å². The van der Waals surface area contributed by atoms with Gasteiger partial charge in [-0.3, -0.25) is 9.10 Å². The summed E-state index contributed by atoms with van der Waals surface area (Å²) in [6.07, 6.45) is 2.61. The fraction of sp³-hybridized carbons (Fsp3) is 0.136. The molecule has 1 aliphatic rings. The average Bonchev–Trinajstić information content (AvgIpc) is 3.21. The van der Waals surface area contributed by atoms with Crippen molar-refractivity contribution in [1.29, 1.82) is 0 Å². The van der Waals surface area contributed by atoms with E-state index in [-0.39, 0.29) is 16.0 Å². The minimum atomic E-state index is -3.93. The molecule has 2 aromatic carbocycles. The van der Waals surface area contributed by atoms with Crippen LogP contribution in [0.4, 0.5) is 5.69 Å². The first-order valence-corrected chi connectivity index (χ1v) is 12.4. The third kappa shape index (κ3) is 3.45. The Hall–Kier alpha value is -3.70. The molecule has 3 heterocycles. The number of oxime groups is 1. The van der Waals surface area contributed by atoms with E-state index in [0.29, 0.717) is 29.0 Å². The molecule has 2 N–H and O–H groups in total. The highest BCUT2D eigenvalue weighted by atomic mass is 32.2. The second-order valence-electron chi connectivity index (χ2n) is 7.51. The quantitative estimate of drug-likeness (QED) is 0.263. The minimum absolute atomic E-state index is 0.0226. The SMILES string of the molecule is O=c1[nH]c2csc(/C=N/O)c2c(=O)n1-c1cccc(S(=O)(=O)N2CCCc3ccccc32)c1. The Bertz CT molecular complexity index is 1630. The van der Waals surface area contributed by atoms with Gasteiger partial charge in [-0.2, -0.15) is 0 Å². The van der Waals surface area contributed by atoms with Gasteiger partial charge in [-0.05, 0) is 42.7 Å². The van der Waals surface area contributed by atoms with E-state index < -0.39 is 21.3 Å². The molecule has 2 aromatic heterocycles. The van der Waals surface area contributed by atoms with Gasteiger partial charge in [0.25, 0.3) is 15.6 Å². The smallest absolute Gasteiger partial charge is 0.333 e. The second kappa shape index (κ2) is 8.01. The summed E-state index contributed by atoms with van der Waals surface area (Å²) < 4.78 is 29.3. The molecule has 0 amide bonds. The van der Waals surface area contributed by atoms with Gasteiger partial charge in [0.2, 0.25) is 0 Å². The van der Waals surface area contributed by atoms with Gasteiger partial charge in [0.1, 0.15) is 0 Å². The molecule has 0 unspecified atom stereocenters. The maximum atomic E-state index is 13.5. The number of rotatable bonds is 4. The molecular weight excluding hydrogens is 464 g/mol. The van der Waals surface area contributed by atoms with Crippen molar-refractivity contribution >= 4 is 44.2 Å². The van der Waals surface area contributed by atoms with Crippen molar-refractivity contribution in [1.82, 2.24) is 9.55 Å². The van der Waals surface area contributed by atoms with Gasteiger partial charge in [-0.15, -0.1) is 11.3 Å². The molecule has 0 bridgehead atoms. The van der Waals surface area contributed by atoms with E-state index >= 15 is 0 Å². The molecule has 0 radical (unpaired) electrons. The predicted octanol–water partition coefficient (Wildman–Crippen LogP) is 2.69. The number of benzene rings is 2. The molecule has 0 spiro atoms. The number of aromatic nitrogens is 2. The summed E-state index contributed by atoms with van der Waals surface area (Å²) in [7, 11) is -3.93. The Morgan fingerprint density at radius 2 is 1.94 bits per heavy atom. The molecule has 0 saturated carbocycles. The number of fused-ring (bicyclic) bond motifs is 2. The number of sulfonamides is 1. The maximum Gasteiger partial charge on any atom is 0.333 e. The van der Waals surface area contributed by atoms with Gasteiger partial charge in [-0.1, -0.05) is 29.4 Å². The molecule has 0 atom stereocenters. The molecule has 1 aliphatic heterocycles. The summed E-state index contributed by atoms with van der Waals surface area (Å²) in [4.78, 5) is 28.9. The van der Waals surface area contributed by atoms with Crippen LogP contribution in [0.2, 0.25) is 0 Å². The second-order valence-corrected chi connectivity index (χ2v) is 10.3. The summed E-state index contributed by atoms with van der Waals surface area (Å²) in [6.45, 7) is 0.342. The third-order valence-electron chi connectivity index (χ3n) is 5.59. The number of aromatic amines is 1. The van der Waals surface area contributed by atoms with Crippen molar-refractivity contribution < 1.29 is 13.6 Å². The van der Waals surface area contributed by atoms with Crippen molar-refractivity contribution in [3.05, 3.63) is 85.2 Å². The zero-order valence-corrected chi connectivity index (χ0v) is 18.8. The molecule has 4 aromatic rings. The van der Waals surface area contributed by atoms with Crippen molar-refractivity contribution in [2.75, 3.05) is 10.8 Å². The van der Waals surface area contributed by atoms with Crippen LogP contribution in [0.1, 0.15) is 16.9 Å². The van der Waals surface area contributed by atoms with Crippen LogP contribution in [-0.4, -0.2) is 35.9 Å². The molecule has 168 valence electrons. The van der Waals surface area contributed by atoms with E-state index in [1.54, 1.807) is 17.5 Å². The van der Waals surface area contributed by atoms with Crippen LogP contribution in [0.25, 0.3) is 16.6 Å². The van der Waals surface area contributed by atoms with E-state index in [9.17, 15) is 18.0 Å². The summed E-state index contributed by atoms with van der Waals surface area (Å²) in [5.41, 5.74) is 0.690. The summed E-state index contributed by atoms with van der Waals surface area (Å²) in [5, 5.41) is 13.6. The molecule has 0 aliphatic carbocycles. The highest BCUT2D eigenvalue weighted by molar-refractivity contribution is 7.92. The molecular formula is C22H18N4O5S2. The van der Waals surface area contributed by atoms with Crippen LogP contribution in [0.3, 0.4) is 0 Å². The lowest BCUT2D eigenvalue weighted by atomic mass is 10.0. The Morgan fingerprint density at radius 1 is 1.12 bits per heavy atom. The third-order valence-corrected chi connectivity index (χ3v) is 8.31. The van der Waals surface area contributed by atoms with E-state index in [4.69, 9.17) is 5.21 Å². The van der Waals surface area contributed by atoms with Crippen molar-refractivity contribution in [2.24, 2.45) is 5.16 Å². The standard InChI is InChI=1S/C22H18N4O5S2/c27-21-20-17(13-32-19(20)12-23-29)24-22(28)26(21)15-7-3-8-16(11-15)33(30,31)25-10-4-6-14-5-1-2-9-18(14)25/h1-3,5,7-9,11-13,29H,4,6,10H2,(H,24,28)/b23-12+. The van der Waals surface area contributed by atoms with Crippen LogP contribution >= 0.6 is 11.3 Å². The molecule has 0 saturated heterocycles. The van der Waals surface area contributed by atoms with Crippen molar-refractivity contribution in [3.63, 3.8) is 0 Å². The Labute approximate surface area is 191 Å². The number of hydrogen-bond acceptors (Lipinski definition) is 7. The van der Waals surface area contributed by atoms with Crippen LogP contribution in [0.15, 0.2) is 73.6 Å². The Balaban J connectivity index is 1.66. The maximum absolute atomic E-state index is 13.5. The summed E-state index contributed by atoms with van der Waals surface area (Å²) >= 11 is 1.14. The molecule has 9 nitrogen and oxygen atoms in total. The van der Waals surface area contributed by atoms with Gasteiger partial charge in [-0.25, -0.2) is 17.8 Å². The average molecular weight is 483 g/mol. The lowest BCUT2D eigenvalue weighted by Gasteiger charge is -2.30. The predicted molar refractivity (Wildman–Crippen MR) is 127 cm³/mol. The van der Waals surface area contributed by atoms with Crippen LogP contribution in [0, 0.1) is 0 Å². The first-order chi connectivity index (χ1) is 15.9. The van der Waals surface area contributed by atoms with E-state index in [1.165, 1.54) is 28.6 Å². The number of nitrogens with one attached hydrogen (secondary N) is 1. The minimum Gasteiger partial charge on any atom is -0.411 e. The first-order valence-electron chi connectivity index (χ1n) is 10.1. The highest BCUT2D eigenvalue weighted by Gasteiger charge is 2.29. The number of anilines is 1. The number of aryl methyl sites for hydroxylation is 1. The van der Waals surface area contributed by atoms with Crippen molar-refractivity contribution in [2.45, 2.75) is 17.7 Å². The van der Waals surface area contributed by atoms with Crippen LogP contribution in [-0.2, 0) is 16.4 Å². The van der Waals surface area contributed by atoms with Crippen molar-refractivity contribution in [3.8, 4) is 5.69 Å². The topological polar surface area (TPSA) is 125 Å². The fourth-order valence-corrected chi connectivity index (χ4v) is 6.53.